The summed E-state index contributed by atoms with van der Waals surface area (Å²) < 4.78 is 10.6. The van der Waals surface area contributed by atoms with Gasteiger partial charge in [-0.25, -0.2) is 0 Å². The predicted octanol–water partition coefficient (Wildman–Crippen LogP) is 1.64. The third kappa shape index (κ3) is 3.04. The molecule has 1 aliphatic rings. The highest BCUT2D eigenvalue weighted by Gasteiger charge is 2.18. The van der Waals surface area contributed by atoms with Crippen molar-refractivity contribution < 1.29 is 9.26 Å². The van der Waals surface area contributed by atoms with Gasteiger partial charge in [-0.3, -0.25) is 0 Å². The molecule has 0 bridgehead atoms. The predicted molar refractivity (Wildman–Crippen MR) is 56.5 cm³/mol. The first-order valence-corrected chi connectivity index (χ1v) is 5.51. The molecule has 0 aliphatic carbocycles. The molecule has 0 radical (unpaired) electrons. The maximum absolute atomic E-state index is 5.49. The van der Waals surface area contributed by atoms with Crippen LogP contribution in [0, 0.1) is 6.92 Å². The van der Waals surface area contributed by atoms with E-state index < -0.39 is 0 Å². The van der Waals surface area contributed by atoms with Gasteiger partial charge in [-0.15, -0.1) is 0 Å². The molecule has 1 aromatic heterocycles. The van der Waals surface area contributed by atoms with Crippen LogP contribution >= 0.6 is 0 Å². The Bertz CT molecular complexity index is 311. The molecule has 1 N–H and O–H groups in total. The number of nitrogens with one attached hydrogen (secondary N) is 1. The fourth-order valence-electron chi connectivity index (χ4n) is 1.93. The first-order chi connectivity index (χ1) is 7.24. The second-order valence-corrected chi connectivity index (χ2v) is 4.22. The molecule has 84 valence electrons. The van der Waals surface area contributed by atoms with Crippen LogP contribution in [0.15, 0.2) is 10.6 Å². The molecule has 1 fully saturated rings. The zero-order chi connectivity index (χ0) is 10.7. The molecule has 0 aromatic carbocycles. The van der Waals surface area contributed by atoms with E-state index in [1.165, 1.54) is 0 Å². The summed E-state index contributed by atoms with van der Waals surface area (Å²) in [5, 5.41) is 7.32. The lowest BCUT2D eigenvalue weighted by Crippen LogP contribution is -2.37. The minimum Gasteiger partial charge on any atom is -0.378 e. The van der Waals surface area contributed by atoms with E-state index in [1.54, 1.807) is 0 Å². The van der Waals surface area contributed by atoms with E-state index in [9.17, 15) is 0 Å². The van der Waals surface area contributed by atoms with Gasteiger partial charge >= 0.3 is 0 Å². The van der Waals surface area contributed by atoms with Crippen LogP contribution in [-0.2, 0) is 11.3 Å². The van der Waals surface area contributed by atoms with Crippen LogP contribution in [0.4, 0.5) is 0 Å². The first kappa shape index (κ1) is 10.6. The van der Waals surface area contributed by atoms with E-state index in [-0.39, 0.29) is 0 Å². The van der Waals surface area contributed by atoms with E-state index in [4.69, 9.17) is 9.26 Å². The topological polar surface area (TPSA) is 47.3 Å². The number of hydrogen-bond acceptors (Lipinski definition) is 4. The molecular formula is C11H18N2O2. The van der Waals surface area contributed by atoms with E-state index in [1.807, 2.05) is 13.0 Å². The standard InChI is InChI=1S/C11H18N2O2/c1-8-5-11(15-13-8)7-12-10-3-4-14-9(2)6-10/h5,9-10,12H,3-4,6-7H2,1-2H3. The fourth-order valence-corrected chi connectivity index (χ4v) is 1.93. The second-order valence-electron chi connectivity index (χ2n) is 4.22. The van der Waals surface area contributed by atoms with Gasteiger partial charge in [-0.1, -0.05) is 5.16 Å². The number of ether oxygens (including phenoxy) is 1. The van der Waals surface area contributed by atoms with Gasteiger partial charge in [-0.2, -0.15) is 0 Å². The van der Waals surface area contributed by atoms with Crippen LogP contribution < -0.4 is 5.32 Å². The van der Waals surface area contributed by atoms with Gasteiger partial charge < -0.3 is 14.6 Å². The Morgan fingerprint density at radius 3 is 3.13 bits per heavy atom. The maximum Gasteiger partial charge on any atom is 0.150 e. The second kappa shape index (κ2) is 4.77. The van der Waals surface area contributed by atoms with E-state index in [0.717, 1.165) is 37.4 Å². The highest BCUT2D eigenvalue weighted by Crippen LogP contribution is 2.13. The van der Waals surface area contributed by atoms with Crippen molar-refractivity contribution >= 4 is 0 Å². The minimum absolute atomic E-state index is 0.368. The summed E-state index contributed by atoms with van der Waals surface area (Å²) in [5.74, 6) is 0.909. The SMILES string of the molecule is Cc1cc(CNC2CCOC(C)C2)on1. The van der Waals surface area contributed by atoms with Crippen molar-refractivity contribution in [3.05, 3.63) is 17.5 Å². The van der Waals surface area contributed by atoms with Crippen molar-refractivity contribution in [2.24, 2.45) is 0 Å². The van der Waals surface area contributed by atoms with Crippen molar-refractivity contribution in [2.75, 3.05) is 6.61 Å². The van der Waals surface area contributed by atoms with Gasteiger partial charge in [0.05, 0.1) is 18.3 Å². The lowest BCUT2D eigenvalue weighted by atomic mass is 10.0. The fraction of sp³-hybridized carbons (Fsp3) is 0.727. The Balaban J connectivity index is 1.77. The van der Waals surface area contributed by atoms with Crippen LogP contribution in [0.25, 0.3) is 0 Å². The molecule has 1 aromatic rings. The van der Waals surface area contributed by atoms with Crippen molar-refractivity contribution in [1.29, 1.82) is 0 Å². The molecule has 2 unspecified atom stereocenters. The smallest absolute Gasteiger partial charge is 0.150 e. The number of aryl methyl sites for hydroxylation is 1. The average Bonchev–Trinajstić information content (AvgIpc) is 2.62. The molecule has 4 nitrogen and oxygen atoms in total. The van der Waals surface area contributed by atoms with Gasteiger partial charge in [-0.05, 0) is 26.7 Å². The number of nitrogens with zero attached hydrogens (tertiary/aromatic N) is 1. The van der Waals surface area contributed by atoms with Gasteiger partial charge in [0.1, 0.15) is 0 Å². The van der Waals surface area contributed by atoms with Crippen molar-refractivity contribution in [1.82, 2.24) is 10.5 Å². The highest BCUT2D eigenvalue weighted by molar-refractivity contribution is 5.02. The summed E-state index contributed by atoms with van der Waals surface area (Å²) in [6, 6.07) is 2.51. The number of rotatable bonds is 3. The summed E-state index contributed by atoms with van der Waals surface area (Å²) in [7, 11) is 0. The molecule has 0 saturated carbocycles. The van der Waals surface area contributed by atoms with Gasteiger partial charge in [0.15, 0.2) is 5.76 Å². The normalized spacial score (nSPS) is 26.8. The summed E-state index contributed by atoms with van der Waals surface area (Å²) in [4.78, 5) is 0. The van der Waals surface area contributed by atoms with Crippen molar-refractivity contribution in [2.45, 2.75) is 45.4 Å². The van der Waals surface area contributed by atoms with Crippen molar-refractivity contribution in [3.63, 3.8) is 0 Å². The summed E-state index contributed by atoms with van der Waals surface area (Å²) in [6.45, 7) is 5.67. The zero-order valence-corrected chi connectivity index (χ0v) is 9.32. The highest BCUT2D eigenvalue weighted by atomic mass is 16.5. The average molecular weight is 210 g/mol. The van der Waals surface area contributed by atoms with Crippen LogP contribution in [0.3, 0.4) is 0 Å². The molecule has 2 heterocycles. The van der Waals surface area contributed by atoms with E-state index in [0.29, 0.717) is 12.1 Å². The lowest BCUT2D eigenvalue weighted by molar-refractivity contribution is 0.0127. The van der Waals surface area contributed by atoms with Gasteiger partial charge in [0, 0.05) is 18.7 Å². The molecule has 15 heavy (non-hydrogen) atoms. The maximum atomic E-state index is 5.49. The van der Waals surface area contributed by atoms with E-state index >= 15 is 0 Å². The van der Waals surface area contributed by atoms with Crippen molar-refractivity contribution in [3.8, 4) is 0 Å². The third-order valence-corrected chi connectivity index (χ3v) is 2.73. The van der Waals surface area contributed by atoms with Gasteiger partial charge in [0.25, 0.3) is 0 Å². The molecule has 0 amide bonds. The van der Waals surface area contributed by atoms with Crippen LogP contribution in [0.5, 0.6) is 0 Å². The Morgan fingerprint density at radius 1 is 1.60 bits per heavy atom. The quantitative estimate of drug-likeness (QED) is 0.824. The summed E-state index contributed by atoms with van der Waals surface area (Å²) >= 11 is 0. The molecule has 0 spiro atoms. The number of aromatic nitrogens is 1. The monoisotopic (exact) mass is 210 g/mol. The summed E-state index contributed by atoms with van der Waals surface area (Å²) in [6.07, 6.45) is 2.53. The lowest BCUT2D eigenvalue weighted by Gasteiger charge is -2.27. The molecular weight excluding hydrogens is 192 g/mol. The third-order valence-electron chi connectivity index (χ3n) is 2.73. The Kier molecular flexibility index (Phi) is 3.38. The van der Waals surface area contributed by atoms with E-state index in [2.05, 4.69) is 17.4 Å². The minimum atomic E-state index is 0.368. The molecule has 4 heteroatoms. The Labute approximate surface area is 90.0 Å². The molecule has 2 rings (SSSR count). The molecule has 2 atom stereocenters. The summed E-state index contributed by atoms with van der Waals surface area (Å²) in [5.41, 5.74) is 0.937. The van der Waals surface area contributed by atoms with Crippen LogP contribution in [-0.4, -0.2) is 23.9 Å². The molecule has 1 aliphatic heterocycles. The van der Waals surface area contributed by atoms with Crippen LogP contribution in [0.2, 0.25) is 0 Å². The Morgan fingerprint density at radius 2 is 2.47 bits per heavy atom. The van der Waals surface area contributed by atoms with Gasteiger partial charge in [0.2, 0.25) is 0 Å². The largest absolute Gasteiger partial charge is 0.378 e. The Hall–Kier alpha value is -0.870. The number of hydrogen-bond donors (Lipinski definition) is 1. The zero-order valence-electron chi connectivity index (χ0n) is 9.32. The molecule has 1 saturated heterocycles. The first-order valence-electron chi connectivity index (χ1n) is 5.51. The van der Waals surface area contributed by atoms with Crippen LogP contribution in [0.1, 0.15) is 31.2 Å².